The lowest BCUT2D eigenvalue weighted by Crippen LogP contribution is -2.27. The maximum Gasteiger partial charge on any atom is 0.189 e. The van der Waals surface area contributed by atoms with Gasteiger partial charge in [-0.2, -0.15) is 0 Å². The van der Waals surface area contributed by atoms with E-state index >= 15 is 0 Å². The summed E-state index contributed by atoms with van der Waals surface area (Å²) in [5, 5.41) is 2.55. The molecule has 0 N–H and O–H groups in total. The molecule has 2 aliphatic heterocycles. The van der Waals surface area contributed by atoms with E-state index in [4.69, 9.17) is 0 Å². The lowest BCUT2D eigenvalue weighted by Gasteiger charge is -2.14. The maximum atomic E-state index is 4.46. The standard InChI is InChI=1S/C8H10N4S3/c1-13-6-4-5(10-7(9-4)14-2)11-8(12-6)15-3/h4H,1-3H3. The highest BCUT2D eigenvalue weighted by Gasteiger charge is 2.30. The molecule has 0 amide bonds. The van der Waals surface area contributed by atoms with E-state index in [0.717, 1.165) is 21.2 Å². The highest BCUT2D eigenvalue weighted by atomic mass is 32.2. The first-order chi connectivity index (χ1) is 7.28. The molecule has 1 atom stereocenters. The monoisotopic (exact) mass is 258 g/mol. The van der Waals surface area contributed by atoms with Gasteiger partial charge in [0, 0.05) is 0 Å². The minimum Gasteiger partial charge on any atom is -0.242 e. The van der Waals surface area contributed by atoms with E-state index < -0.39 is 0 Å². The first kappa shape index (κ1) is 11.2. The van der Waals surface area contributed by atoms with Crippen molar-refractivity contribution in [2.24, 2.45) is 20.0 Å². The molecule has 0 aromatic heterocycles. The van der Waals surface area contributed by atoms with Crippen LogP contribution >= 0.6 is 35.3 Å². The molecule has 0 aliphatic carbocycles. The molecule has 0 radical (unpaired) electrons. The molecule has 80 valence electrons. The van der Waals surface area contributed by atoms with E-state index in [1.165, 1.54) is 11.8 Å². The van der Waals surface area contributed by atoms with E-state index in [2.05, 4.69) is 20.0 Å². The average Bonchev–Trinajstić information content (AvgIpc) is 2.70. The molecule has 2 rings (SSSR count). The molecular weight excluding hydrogens is 248 g/mol. The Bertz CT molecular complexity index is 397. The lowest BCUT2D eigenvalue weighted by atomic mass is 10.3. The molecule has 15 heavy (non-hydrogen) atoms. The van der Waals surface area contributed by atoms with Crippen LogP contribution in [0.2, 0.25) is 0 Å². The topological polar surface area (TPSA) is 49.4 Å². The van der Waals surface area contributed by atoms with Crippen LogP contribution in [0.4, 0.5) is 0 Å². The summed E-state index contributed by atoms with van der Waals surface area (Å²) in [4.78, 5) is 17.6. The van der Waals surface area contributed by atoms with Crippen molar-refractivity contribution in [3.63, 3.8) is 0 Å². The largest absolute Gasteiger partial charge is 0.242 e. The SMILES string of the molecule is CSC1=NC2=NC(SC)=NC2C(SC)=N1. The fourth-order valence-corrected chi connectivity index (χ4v) is 2.62. The molecule has 0 bridgehead atoms. The quantitative estimate of drug-likeness (QED) is 0.667. The summed E-state index contributed by atoms with van der Waals surface area (Å²) in [7, 11) is 0. The molecule has 0 aromatic carbocycles. The Morgan fingerprint density at radius 1 is 0.867 bits per heavy atom. The number of rotatable bonds is 0. The van der Waals surface area contributed by atoms with Crippen molar-refractivity contribution in [2.75, 3.05) is 18.8 Å². The van der Waals surface area contributed by atoms with Crippen molar-refractivity contribution in [1.82, 2.24) is 0 Å². The van der Waals surface area contributed by atoms with Crippen molar-refractivity contribution >= 4 is 56.5 Å². The Morgan fingerprint density at radius 2 is 1.60 bits per heavy atom. The van der Waals surface area contributed by atoms with Gasteiger partial charge < -0.3 is 0 Å². The van der Waals surface area contributed by atoms with Gasteiger partial charge in [0.2, 0.25) is 0 Å². The van der Waals surface area contributed by atoms with Crippen LogP contribution in [0.3, 0.4) is 0 Å². The molecule has 4 nitrogen and oxygen atoms in total. The van der Waals surface area contributed by atoms with Crippen molar-refractivity contribution in [3.05, 3.63) is 0 Å². The van der Waals surface area contributed by atoms with Gasteiger partial charge in [-0.3, -0.25) is 0 Å². The highest BCUT2D eigenvalue weighted by molar-refractivity contribution is 8.15. The van der Waals surface area contributed by atoms with Crippen molar-refractivity contribution in [3.8, 4) is 0 Å². The molecule has 0 saturated carbocycles. The van der Waals surface area contributed by atoms with Gasteiger partial charge in [-0.05, 0) is 18.8 Å². The van der Waals surface area contributed by atoms with Gasteiger partial charge in [0.1, 0.15) is 5.04 Å². The fourth-order valence-electron chi connectivity index (χ4n) is 1.23. The number of amidine groups is 3. The van der Waals surface area contributed by atoms with Crippen molar-refractivity contribution in [1.29, 1.82) is 0 Å². The predicted molar refractivity (Wildman–Crippen MR) is 74.1 cm³/mol. The summed E-state index contributed by atoms with van der Waals surface area (Å²) in [6, 6.07) is -0.0571. The molecule has 0 spiro atoms. The number of hydrogen-bond donors (Lipinski definition) is 0. The molecule has 0 saturated heterocycles. The van der Waals surface area contributed by atoms with Gasteiger partial charge in [-0.1, -0.05) is 23.5 Å². The van der Waals surface area contributed by atoms with Crippen LogP contribution in [0.15, 0.2) is 20.0 Å². The van der Waals surface area contributed by atoms with E-state index in [1.807, 2.05) is 18.8 Å². The highest BCUT2D eigenvalue weighted by Crippen LogP contribution is 2.24. The van der Waals surface area contributed by atoms with Gasteiger partial charge in [-0.25, -0.2) is 20.0 Å². The molecule has 7 heteroatoms. The molecule has 1 unspecified atom stereocenters. The molecule has 0 aromatic rings. The molecule has 2 heterocycles. The number of hydrogen-bond acceptors (Lipinski definition) is 7. The van der Waals surface area contributed by atoms with Gasteiger partial charge in [0.05, 0.1) is 0 Å². The van der Waals surface area contributed by atoms with Crippen LogP contribution in [0, 0.1) is 0 Å². The average molecular weight is 258 g/mol. The van der Waals surface area contributed by atoms with Crippen LogP contribution in [0.5, 0.6) is 0 Å². The minimum absolute atomic E-state index is 0.0571. The van der Waals surface area contributed by atoms with Crippen LogP contribution in [0.25, 0.3) is 0 Å². The Balaban J connectivity index is 2.36. The predicted octanol–water partition coefficient (Wildman–Crippen LogP) is 1.98. The van der Waals surface area contributed by atoms with E-state index in [-0.39, 0.29) is 6.04 Å². The fraction of sp³-hybridized carbons (Fsp3) is 0.500. The number of aliphatic imine (C=N–C) groups is 4. The van der Waals surface area contributed by atoms with Crippen LogP contribution in [-0.2, 0) is 0 Å². The second kappa shape index (κ2) is 4.71. The van der Waals surface area contributed by atoms with Crippen LogP contribution in [0.1, 0.15) is 0 Å². The third kappa shape index (κ3) is 2.14. The molecular formula is C8H10N4S3. The van der Waals surface area contributed by atoms with Crippen LogP contribution < -0.4 is 0 Å². The first-order valence-electron chi connectivity index (χ1n) is 4.24. The van der Waals surface area contributed by atoms with Crippen molar-refractivity contribution < 1.29 is 0 Å². The molecule has 2 aliphatic rings. The molecule has 0 fully saturated rings. The van der Waals surface area contributed by atoms with E-state index in [9.17, 15) is 0 Å². The van der Waals surface area contributed by atoms with E-state index in [0.29, 0.717) is 0 Å². The second-order valence-electron chi connectivity index (χ2n) is 2.74. The maximum absolute atomic E-state index is 4.46. The number of fused-ring (bicyclic) bond motifs is 1. The van der Waals surface area contributed by atoms with Gasteiger partial charge in [0.15, 0.2) is 22.2 Å². The third-order valence-corrected chi connectivity index (χ3v) is 3.76. The summed E-state index contributed by atoms with van der Waals surface area (Å²) in [6.07, 6.45) is 5.94. The Morgan fingerprint density at radius 3 is 2.20 bits per heavy atom. The Kier molecular flexibility index (Phi) is 3.53. The zero-order chi connectivity index (χ0) is 10.8. The minimum atomic E-state index is -0.0571. The lowest BCUT2D eigenvalue weighted by molar-refractivity contribution is 1.16. The van der Waals surface area contributed by atoms with Crippen molar-refractivity contribution in [2.45, 2.75) is 6.04 Å². The third-order valence-electron chi connectivity index (χ3n) is 1.92. The van der Waals surface area contributed by atoms with Gasteiger partial charge >= 0.3 is 0 Å². The van der Waals surface area contributed by atoms with Crippen LogP contribution in [-0.4, -0.2) is 46.0 Å². The normalized spacial score (nSPS) is 24.1. The number of nitrogens with zero attached hydrogens (tertiary/aromatic N) is 4. The zero-order valence-electron chi connectivity index (χ0n) is 8.59. The van der Waals surface area contributed by atoms with Gasteiger partial charge in [0.25, 0.3) is 0 Å². The first-order valence-corrected chi connectivity index (χ1v) is 7.91. The zero-order valence-corrected chi connectivity index (χ0v) is 11.0. The Labute approximate surface area is 101 Å². The summed E-state index contributed by atoms with van der Waals surface area (Å²) >= 11 is 4.69. The smallest absolute Gasteiger partial charge is 0.189 e. The van der Waals surface area contributed by atoms with E-state index in [1.54, 1.807) is 23.5 Å². The second-order valence-corrected chi connectivity index (χ2v) is 5.11. The summed E-state index contributed by atoms with van der Waals surface area (Å²) in [6.45, 7) is 0. The Hall–Kier alpha value is -0.270. The summed E-state index contributed by atoms with van der Waals surface area (Å²) in [5.41, 5.74) is 0. The van der Waals surface area contributed by atoms with Gasteiger partial charge in [-0.15, -0.1) is 11.8 Å². The summed E-state index contributed by atoms with van der Waals surface area (Å²) in [5.74, 6) is 0.781. The summed E-state index contributed by atoms with van der Waals surface area (Å²) < 4.78 is 0. The number of thioether (sulfide) groups is 3.